The van der Waals surface area contributed by atoms with E-state index in [0.717, 1.165) is 16.1 Å². The number of piperazine rings is 1. The fraction of sp³-hybridized carbons (Fsp3) is 0.154. The van der Waals surface area contributed by atoms with E-state index < -0.39 is 0 Å². The number of furan rings is 1. The van der Waals surface area contributed by atoms with E-state index in [0.29, 0.717) is 47.7 Å². The molecular weight excluding hydrogens is 505 g/mol. The summed E-state index contributed by atoms with van der Waals surface area (Å²) in [5.41, 5.74) is 2.27. The van der Waals surface area contributed by atoms with Gasteiger partial charge in [0.2, 0.25) is 0 Å². The first-order valence-corrected chi connectivity index (χ1v) is 12.7. The number of hydrogen-bond donors (Lipinski definition) is 1. The van der Waals surface area contributed by atoms with Crippen molar-refractivity contribution in [2.75, 3.05) is 36.4 Å². The summed E-state index contributed by atoms with van der Waals surface area (Å²) in [6.07, 6.45) is 0. The van der Waals surface area contributed by atoms with E-state index in [2.05, 4.69) is 10.2 Å². The zero-order valence-electron chi connectivity index (χ0n) is 18.5. The number of benzene rings is 2. The van der Waals surface area contributed by atoms with Crippen molar-refractivity contribution in [3.8, 4) is 11.3 Å². The molecule has 0 saturated carbocycles. The molecule has 6 nitrogen and oxygen atoms in total. The second-order valence-electron chi connectivity index (χ2n) is 8.05. The molecular formula is C26H21Cl2N3O3S. The van der Waals surface area contributed by atoms with Gasteiger partial charge in [0, 0.05) is 42.5 Å². The van der Waals surface area contributed by atoms with E-state index in [1.54, 1.807) is 30.3 Å². The van der Waals surface area contributed by atoms with Crippen LogP contribution in [0.2, 0.25) is 10.0 Å². The number of anilines is 2. The lowest BCUT2D eigenvalue weighted by Crippen LogP contribution is -2.48. The monoisotopic (exact) mass is 525 g/mol. The number of nitrogens with zero attached hydrogens (tertiary/aromatic N) is 2. The van der Waals surface area contributed by atoms with Gasteiger partial charge in [0.15, 0.2) is 5.76 Å². The number of rotatable bonds is 5. The maximum atomic E-state index is 12.7. The third-order valence-electron chi connectivity index (χ3n) is 5.80. The number of nitrogens with one attached hydrogen (secondary N) is 1. The second kappa shape index (κ2) is 10.2. The van der Waals surface area contributed by atoms with E-state index in [-0.39, 0.29) is 17.6 Å². The molecule has 3 heterocycles. The van der Waals surface area contributed by atoms with Gasteiger partial charge in [-0.15, -0.1) is 11.3 Å². The number of carbonyl (C=O) groups is 2. The molecule has 0 unspecified atom stereocenters. The molecule has 0 atom stereocenters. The zero-order valence-corrected chi connectivity index (χ0v) is 20.9. The van der Waals surface area contributed by atoms with Gasteiger partial charge in [0.25, 0.3) is 11.8 Å². The van der Waals surface area contributed by atoms with E-state index >= 15 is 0 Å². The first-order valence-electron chi connectivity index (χ1n) is 11.0. The van der Waals surface area contributed by atoms with Crippen LogP contribution in [0.15, 0.2) is 76.5 Å². The van der Waals surface area contributed by atoms with Crippen LogP contribution >= 0.6 is 34.5 Å². The number of carbonyl (C=O) groups excluding carboxylic acids is 2. The van der Waals surface area contributed by atoms with Crippen LogP contribution in [0.25, 0.3) is 11.3 Å². The molecule has 2 aromatic heterocycles. The van der Waals surface area contributed by atoms with Crippen molar-refractivity contribution in [3.05, 3.63) is 92.8 Å². The molecule has 0 radical (unpaired) electrons. The molecule has 5 rings (SSSR count). The normalized spacial score (nSPS) is 13.7. The Balaban J connectivity index is 1.21. The van der Waals surface area contributed by atoms with Crippen LogP contribution in [0, 0.1) is 0 Å². The predicted molar refractivity (Wildman–Crippen MR) is 141 cm³/mol. The zero-order chi connectivity index (χ0) is 24.4. The molecule has 1 N–H and O–H groups in total. The van der Waals surface area contributed by atoms with E-state index in [1.165, 1.54) is 11.3 Å². The number of amides is 2. The van der Waals surface area contributed by atoms with Gasteiger partial charge in [-0.1, -0.05) is 29.3 Å². The summed E-state index contributed by atoms with van der Waals surface area (Å²) < 4.78 is 5.72. The first-order chi connectivity index (χ1) is 17.0. The molecule has 9 heteroatoms. The van der Waals surface area contributed by atoms with Crippen LogP contribution < -0.4 is 10.2 Å². The fourth-order valence-electron chi connectivity index (χ4n) is 3.97. The third-order valence-corrected chi connectivity index (χ3v) is 7.22. The Hall–Kier alpha value is -3.26. The van der Waals surface area contributed by atoms with Gasteiger partial charge in [-0.05, 0) is 66.0 Å². The molecule has 1 fully saturated rings. The van der Waals surface area contributed by atoms with Crippen LogP contribution in [0.5, 0.6) is 0 Å². The quantitative estimate of drug-likeness (QED) is 0.321. The Kier molecular flexibility index (Phi) is 6.81. The van der Waals surface area contributed by atoms with Gasteiger partial charge in [-0.3, -0.25) is 9.59 Å². The lowest BCUT2D eigenvalue weighted by Gasteiger charge is -2.36. The predicted octanol–water partition coefficient (Wildman–Crippen LogP) is 6.53. The molecule has 2 amide bonds. The Morgan fingerprint density at radius 1 is 0.914 bits per heavy atom. The molecule has 1 saturated heterocycles. The summed E-state index contributed by atoms with van der Waals surface area (Å²) in [4.78, 5) is 30.0. The Bertz CT molecular complexity index is 1340. The standard InChI is InChI=1S/C26H21Cl2N3O3S/c27-18-5-3-17(4-6-18)22-9-10-23(34-22)25(32)29-19-7-8-21(20(28)16-19)30-11-13-31(14-12-30)26(33)24-2-1-15-35-24/h1-10,15-16H,11-14H2,(H,29,32). The summed E-state index contributed by atoms with van der Waals surface area (Å²) in [7, 11) is 0. The van der Waals surface area contributed by atoms with Crippen molar-refractivity contribution in [3.63, 3.8) is 0 Å². The Labute approximate surface area is 216 Å². The fourth-order valence-corrected chi connectivity index (χ4v) is 5.09. The summed E-state index contributed by atoms with van der Waals surface area (Å²) >= 11 is 14.0. The van der Waals surface area contributed by atoms with Crippen LogP contribution in [0.1, 0.15) is 20.2 Å². The minimum Gasteiger partial charge on any atom is -0.451 e. The van der Waals surface area contributed by atoms with Gasteiger partial charge >= 0.3 is 0 Å². The van der Waals surface area contributed by atoms with Crippen LogP contribution in [0.3, 0.4) is 0 Å². The molecule has 1 aliphatic heterocycles. The largest absolute Gasteiger partial charge is 0.451 e. The van der Waals surface area contributed by atoms with Crippen molar-refractivity contribution >= 4 is 57.7 Å². The highest BCUT2D eigenvalue weighted by molar-refractivity contribution is 7.12. The number of thiophene rings is 1. The summed E-state index contributed by atoms with van der Waals surface area (Å²) in [5, 5.41) is 5.90. The summed E-state index contributed by atoms with van der Waals surface area (Å²) in [6, 6.07) is 19.7. The molecule has 35 heavy (non-hydrogen) atoms. The molecule has 4 aromatic rings. The maximum Gasteiger partial charge on any atom is 0.291 e. The van der Waals surface area contributed by atoms with Crippen LogP contribution in [-0.4, -0.2) is 42.9 Å². The van der Waals surface area contributed by atoms with E-state index in [9.17, 15) is 9.59 Å². The first kappa shape index (κ1) is 23.5. The van der Waals surface area contributed by atoms with Crippen LogP contribution in [0.4, 0.5) is 11.4 Å². The molecule has 1 aliphatic rings. The SMILES string of the molecule is O=C(Nc1ccc(N2CCN(C(=O)c3cccs3)CC2)c(Cl)c1)c1ccc(-c2ccc(Cl)cc2)o1. The molecule has 0 bridgehead atoms. The minimum absolute atomic E-state index is 0.0703. The highest BCUT2D eigenvalue weighted by Crippen LogP contribution is 2.31. The van der Waals surface area contributed by atoms with Gasteiger partial charge in [-0.25, -0.2) is 0 Å². The van der Waals surface area contributed by atoms with Crippen molar-refractivity contribution in [1.29, 1.82) is 0 Å². The van der Waals surface area contributed by atoms with Crippen LogP contribution in [-0.2, 0) is 0 Å². The topological polar surface area (TPSA) is 65.8 Å². The smallest absolute Gasteiger partial charge is 0.291 e. The number of hydrogen-bond acceptors (Lipinski definition) is 5. The average Bonchev–Trinajstić information content (AvgIpc) is 3.57. The van der Waals surface area contributed by atoms with Crippen molar-refractivity contribution in [1.82, 2.24) is 4.90 Å². The Morgan fingerprint density at radius 2 is 1.69 bits per heavy atom. The summed E-state index contributed by atoms with van der Waals surface area (Å²) in [6.45, 7) is 2.62. The average molecular weight is 526 g/mol. The van der Waals surface area contributed by atoms with E-state index in [4.69, 9.17) is 27.6 Å². The van der Waals surface area contributed by atoms with Gasteiger partial charge in [0.05, 0.1) is 15.6 Å². The van der Waals surface area contributed by atoms with Gasteiger partial charge in [-0.2, -0.15) is 0 Å². The third kappa shape index (κ3) is 5.22. The highest BCUT2D eigenvalue weighted by atomic mass is 35.5. The van der Waals surface area contributed by atoms with E-state index in [1.807, 2.05) is 46.7 Å². The van der Waals surface area contributed by atoms with Gasteiger partial charge < -0.3 is 19.5 Å². The maximum absolute atomic E-state index is 12.7. The molecule has 178 valence electrons. The van der Waals surface area contributed by atoms with Crippen molar-refractivity contribution < 1.29 is 14.0 Å². The molecule has 0 aliphatic carbocycles. The van der Waals surface area contributed by atoms with Gasteiger partial charge in [0.1, 0.15) is 5.76 Å². The van der Waals surface area contributed by atoms with Crippen molar-refractivity contribution in [2.24, 2.45) is 0 Å². The number of halogens is 2. The lowest BCUT2D eigenvalue weighted by atomic mass is 10.2. The second-order valence-corrected chi connectivity index (χ2v) is 9.84. The molecule has 0 spiro atoms. The Morgan fingerprint density at radius 3 is 2.37 bits per heavy atom. The minimum atomic E-state index is -0.366. The molecule has 2 aromatic carbocycles. The van der Waals surface area contributed by atoms with Crippen molar-refractivity contribution in [2.45, 2.75) is 0 Å². The lowest BCUT2D eigenvalue weighted by molar-refractivity contribution is 0.0751. The highest BCUT2D eigenvalue weighted by Gasteiger charge is 2.24. The summed E-state index contributed by atoms with van der Waals surface area (Å²) in [5.74, 6) is 0.481.